The highest BCUT2D eigenvalue weighted by Gasteiger charge is 2.17. The molecule has 4 nitrogen and oxygen atoms in total. The summed E-state index contributed by atoms with van der Waals surface area (Å²) in [6.45, 7) is 4.45. The van der Waals surface area contributed by atoms with E-state index in [9.17, 15) is 0 Å². The van der Waals surface area contributed by atoms with E-state index in [0.29, 0.717) is 18.0 Å². The monoisotopic (exact) mass is 264 g/mol. The second kappa shape index (κ2) is 7.06. The Bertz CT molecular complexity index is 366. The molecule has 1 aliphatic carbocycles. The first-order valence-electron chi connectivity index (χ1n) is 7.69. The smallest absolute Gasteiger partial charge is 0.0640 e. The van der Waals surface area contributed by atoms with Crippen LogP contribution in [0.3, 0.4) is 0 Å². The van der Waals surface area contributed by atoms with Crippen LogP contribution in [0.25, 0.3) is 0 Å². The van der Waals surface area contributed by atoms with Crippen LogP contribution in [0.2, 0.25) is 0 Å². The van der Waals surface area contributed by atoms with Gasteiger partial charge in [-0.05, 0) is 31.2 Å². The summed E-state index contributed by atoms with van der Waals surface area (Å²) in [6, 6.07) is 3.10. The molecule has 0 radical (unpaired) electrons. The van der Waals surface area contributed by atoms with Gasteiger partial charge >= 0.3 is 0 Å². The van der Waals surface area contributed by atoms with Gasteiger partial charge < -0.3 is 0 Å². The molecular formula is C15H28N4. The van der Waals surface area contributed by atoms with E-state index in [1.807, 2.05) is 0 Å². The average Bonchev–Trinajstić information content (AvgIpc) is 2.87. The molecule has 4 heteroatoms. The molecule has 1 unspecified atom stereocenters. The molecule has 1 aromatic heterocycles. The van der Waals surface area contributed by atoms with Crippen molar-refractivity contribution in [3.05, 3.63) is 18.0 Å². The fourth-order valence-corrected chi connectivity index (χ4v) is 3.07. The number of hydrazine groups is 1. The SMILES string of the molecule is CC(C)CC(Cc1ccn(C2CCCCC2)n1)NN. The van der Waals surface area contributed by atoms with Crippen molar-refractivity contribution in [2.45, 2.75) is 70.9 Å². The normalized spacial score (nSPS) is 18.9. The number of nitrogens with two attached hydrogens (primary N) is 1. The first kappa shape index (κ1) is 14.5. The van der Waals surface area contributed by atoms with Gasteiger partial charge in [-0.2, -0.15) is 5.10 Å². The van der Waals surface area contributed by atoms with Gasteiger partial charge in [0.05, 0.1) is 11.7 Å². The van der Waals surface area contributed by atoms with E-state index in [1.54, 1.807) is 0 Å². The second-order valence-corrected chi connectivity index (χ2v) is 6.28. The Morgan fingerprint density at radius 1 is 1.37 bits per heavy atom. The van der Waals surface area contributed by atoms with E-state index in [0.717, 1.165) is 18.5 Å². The highest BCUT2D eigenvalue weighted by molar-refractivity contribution is 5.02. The van der Waals surface area contributed by atoms with E-state index in [4.69, 9.17) is 10.9 Å². The highest BCUT2D eigenvalue weighted by Crippen LogP contribution is 2.27. The molecular weight excluding hydrogens is 236 g/mol. The van der Waals surface area contributed by atoms with E-state index in [1.165, 1.54) is 32.1 Å². The summed E-state index contributed by atoms with van der Waals surface area (Å²) in [5.41, 5.74) is 4.08. The lowest BCUT2D eigenvalue weighted by molar-refractivity contribution is 0.326. The zero-order chi connectivity index (χ0) is 13.7. The van der Waals surface area contributed by atoms with Crippen LogP contribution in [0.1, 0.15) is 64.1 Å². The number of nitrogens with zero attached hydrogens (tertiary/aromatic N) is 2. The lowest BCUT2D eigenvalue weighted by Gasteiger charge is -2.22. The topological polar surface area (TPSA) is 55.9 Å². The third kappa shape index (κ3) is 4.32. The molecule has 1 fully saturated rings. The molecule has 1 atom stereocenters. The summed E-state index contributed by atoms with van der Waals surface area (Å²) in [6.07, 6.45) is 10.8. The Balaban J connectivity index is 1.92. The van der Waals surface area contributed by atoms with Crippen LogP contribution in [0.5, 0.6) is 0 Å². The van der Waals surface area contributed by atoms with Gasteiger partial charge in [0.25, 0.3) is 0 Å². The Morgan fingerprint density at radius 2 is 2.11 bits per heavy atom. The summed E-state index contributed by atoms with van der Waals surface area (Å²) in [5.74, 6) is 6.29. The molecule has 0 spiro atoms. The van der Waals surface area contributed by atoms with Gasteiger partial charge in [-0.3, -0.25) is 16.0 Å². The zero-order valence-corrected chi connectivity index (χ0v) is 12.3. The molecule has 1 heterocycles. The van der Waals surface area contributed by atoms with E-state index in [2.05, 4.69) is 36.2 Å². The van der Waals surface area contributed by atoms with Crippen molar-refractivity contribution in [3.8, 4) is 0 Å². The van der Waals surface area contributed by atoms with Crippen LogP contribution in [0.4, 0.5) is 0 Å². The predicted molar refractivity (Wildman–Crippen MR) is 78.6 cm³/mol. The van der Waals surface area contributed by atoms with Crippen LogP contribution in [0, 0.1) is 5.92 Å². The Labute approximate surface area is 116 Å². The zero-order valence-electron chi connectivity index (χ0n) is 12.3. The van der Waals surface area contributed by atoms with Crippen LogP contribution in [0.15, 0.2) is 12.3 Å². The number of aromatic nitrogens is 2. The van der Waals surface area contributed by atoms with Crippen LogP contribution < -0.4 is 11.3 Å². The largest absolute Gasteiger partial charge is 0.271 e. The summed E-state index contributed by atoms with van der Waals surface area (Å²) >= 11 is 0. The van der Waals surface area contributed by atoms with Crippen LogP contribution >= 0.6 is 0 Å². The molecule has 1 aromatic rings. The first-order chi connectivity index (χ1) is 9.19. The first-order valence-corrected chi connectivity index (χ1v) is 7.69. The molecule has 0 amide bonds. The van der Waals surface area contributed by atoms with E-state index in [-0.39, 0.29) is 0 Å². The van der Waals surface area contributed by atoms with Gasteiger partial charge in [-0.25, -0.2) is 0 Å². The Hall–Kier alpha value is -0.870. The van der Waals surface area contributed by atoms with Gasteiger partial charge in [-0.15, -0.1) is 0 Å². The average molecular weight is 264 g/mol. The van der Waals surface area contributed by atoms with Crippen LogP contribution in [-0.2, 0) is 6.42 Å². The van der Waals surface area contributed by atoms with Crippen molar-refractivity contribution in [3.63, 3.8) is 0 Å². The number of hydrogen-bond acceptors (Lipinski definition) is 3. The van der Waals surface area contributed by atoms with Crippen molar-refractivity contribution in [2.75, 3.05) is 0 Å². The van der Waals surface area contributed by atoms with Crippen molar-refractivity contribution in [1.29, 1.82) is 0 Å². The molecule has 1 aliphatic rings. The minimum Gasteiger partial charge on any atom is -0.271 e. The van der Waals surface area contributed by atoms with Gasteiger partial charge in [0, 0.05) is 18.7 Å². The molecule has 19 heavy (non-hydrogen) atoms. The summed E-state index contributed by atoms with van der Waals surface area (Å²) in [4.78, 5) is 0. The quantitative estimate of drug-likeness (QED) is 0.613. The summed E-state index contributed by atoms with van der Waals surface area (Å²) in [7, 11) is 0. The lowest BCUT2D eigenvalue weighted by atomic mass is 9.96. The lowest BCUT2D eigenvalue weighted by Crippen LogP contribution is -2.37. The number of nitrogens with one attached hydrogen (secondary N) is 1. The van der Waals surface area contributed by atoms with Crippen molar-refractivity contribution < 1.29 is 0 Å². The maximum absolute atomic E-state index is 5.63. The van der Waals surface area contributed by atoms with Gasteiger partial charge in [0.15, 0.2) is 0 Å². The molecule has 0 aromatic carbocycles. The fraction of sp³-hybridized carbons (Fsp3) is 0.800. The Morgan fingerprint density at radius 3 is 2.74 bits per heavy atom. The van der Waals surface area contributed by atoms with Gasteiger partial charge in [0.2, 0.25) is 0 Å². The van der Waals surface area contributed by atoms with E-state index >= 15 is 0 Å². The second-order valence-electron chi connectivity index (χ2n) is 6.28. The predicted octanol–water partition coefficient (Wildman–Crippen LogP) is 2.81. The molecule has 3 N–H and O–H groups in total. The van der Waals surface area contributed by atoms with Crippen molar-refractivity contribution in [1.82, 2.24) is 15.2 Å². The minimum absolute atomic E-state index is 0.328. The standard InChI is InChI=1S/C15H28N4/c1-12(2)10-14(17-16)11-13-8-9-19(18-13)15-6-4-3-5-7-15/h8-9,12,14-15,17H,3-7,10-11,16H2,1-2H3. The van der Waals surface area contributed by atoms with Crippen molar-refractivity contribution >= 4 is 0 Å². The van der Waals surface area contributed by atoms with Gasteiger partial charge in [-0.1, -0.05) is 33.1 Å². The third-order valence-corrected chi connectivity index (χ3v) is 4.06. The van der Waals surface area contributed by atoms with Crippen LogP contribution in [-0.4, -0.2) is 15.8 Å². The molecule has 108 valence electrons. The summed E-state index contributed by atoms with van der Waals surface area (Å²) < 4.78 is 2.18. The maximum Gasteiger partial charge on any atom is 0.0640 e. The highest BCUT2D eigenvalue weighted by atomic mass is 15.3. The van der Waals surface area contributed by atoms with E-state index < -0.39 is 0 Å². The van der Waals surface area contributed by atoms with Crippen molar-refractivity contribution in [2.24, 2.45) is 11.8 Å². The number of hydrogen-bond donors (Lipinski definition) is 2. The van der Waals surface area contributed by atoms with Gasteiger partial charge in [0.1, 0.15) is 0 Å². The minimum atomic E-state index is 0.328. The molecule has 0 aliphatic heterocycles. The third-order valence-electron chi connectivity index (χ3n) is 4.06. The molecule has 2 rings (SSSR count). The maximum atomic E-state index is 5.63. The molecule has 0 bridgehead atoms. The molecule has 0 saturated heterocycles. The number of rotatable bonds is 6. The molecule has 1 saturated carbocycles. The Kier molecular flexibility index (Phi) is 5.40. The fourth-order valence-electron chi connectivity index (χ4n) is 3.07. The summed E-state index contributed by atoms with van der Waals surface area (Å²) in [5, 5.41) is 4.75.